The van der Waals surface area contributed by atoms with E-state index in [-0.39, 0.29) is 6.10 Å². The molecular formula is C15H16N4O. The van der Waals surface area contributed by atoms with Crippen molar-refractivity contribution in [3.8, 4) is 5.75 Å². The van der Waals surface area contributed by atoms with E-state index >= 15 is 0 Å². The van der Waals surface area contributed by atoms with Crippen LogP contribution in [0.25, 0.3) is 10.9 Å². The van der Waals surface area contributed by atoms with E-state index in [0.29, 0.717) is 6.54 Å². The van der Waals surface area contributed by atoms with Crippen LogP contribution in [-0.2, 0) is 7.05 Å². The molecule has 0 spiro atoms. The van der Waals surface area contributed by atoms with E-state index in [1.54, 1.807) is 17.1 Å². The van der Waals surface area contributed by atoms with Gasteiger partial charge in [-0.25, -0.2) is 0 Å². The molecule has 0 aliphatic heterocycles. The van der Waals surface area contributed by atoms with E-state index in [2.05, 4.69) is 10.1 Å². The SMILES string of the molecule is Cn1cc(C(CN)Oc2cccc3ncccc23)cn1. The molecule has 3 rings (SSSR count). The lowest BCUT2D eigenvalue weighted by atomic mass is 10.1. The Hall–Kier alpha value is -2.40. The molecule has 0 bridgehead atoms. The predicted octanol–water partition coefficient (Wildman–Crippen LogP) is 2.05. The number of aryl methyl sites for hydroxylation is 1. The molecule has 0 amide bonds. The van der Waals surface area contributed by atoms with Gasteiger partial charge in [-0.1, -0.05) is 6.07 Å². The third kappa shape index (κ3) is 2.35. The van der Waals surface area contributed by atoms with Crippen LogP contribution in [-0.4, -0.2) is 21.3 Å². The van der Waals surface area contributed by atoms with Crippen LogP contribution in [0.15, 0.2) is 48.9 Å². The van der Waals surface area contributed by atoms with Crippen LogP contribution in [0.1, 0.15) is 11.7 Å². The van der Waals surface area contributed by atoms with Gasteiger partial charge in [-0.15, -0.1) is 0 Å². The second kappa shape index (κ2) is 5.30. The van der Waals surface area contributed by atoms with Gasteiger partial charge in [0.2, 0.25) is 0 Å². The number of nitrogens with two attached hydrogens (primary N) is 1. The van der Waals surface area contributed by atoms with Crippen LogP contribution >= 0.6 is 0 Å². The minimum atomic E-state index is -0.213. The van der Waals surface area contributed by atoms with Crippen molar-refractivity contribution in [3.63, 3.8) is 0 Å². The molecule has 3 aromatic rings. The number of benzene rings is 1. The third-order valence-electron chi connectivity index (χ3n) is 3.19. The second-order valence-electron chi connectivity index (χ2n) is 4.62. The lowest BCUT2D eigenvalue weighted by Gasteiger charge is -2.17. The van der Waals surface area contributed by atoms with E-state index in [1.807, 2.05) is 43.6 Å². The Morgan fingerprint density at radius 1 is 1.30 bits per heavy atom. The first-order valence-electron chi connectivity index (χ1n) is 6.47. The van der Waals surface area contributed by atoms with E-state index in [0.717, 1.165) is 22.2 Å². The van der Waals surface area contributed by atoms with Crippen molar-refractivity contribution < 1.29 is 4.74 Å². The van der Waals surface area contributed by atoms with Crippen LogP contribution in [0.2, 0.25) is 0 Å². The molecule has 0 saturated carbocycles. The number of rotatable bonds is 4. The highest BCUT2D eigenvalue weighted by molar-refractivity contribution is 5.84. The van der Waals surface area contributed by atoms with E-state index in [4.69, 9.17) is 10.5 Å². The standard InChI is InChI=1S/C15H16N4O/c1-19-10-11(9-18-19)15(8-16)20-14-6-2-5-13-12(14)4-3-7-17-13/h2-7,9-10,15H,8,16H2,1H3. The molecule has 5 nitrogen and oxygen atoms in total. The summed E-state index contributed by atoms with van der Waals surface area (Å²) in [6.07, 6.45) is 5.25. The predicted molar refractivity (Wildman–Crippen MR) is 77.4 cm³/mol. The zero-order valence-corrected chi connectivity index (χ0v) is 11.2. The maximum absolute atomic E-state index is 6.06. The molecule has 1 atom stereocenters. The van der Waals surface area contributed by atoms with Crippen LogP contribution in [0.5, 0.6) is 5.75 Å². The minimum Gasteiger partial charge on any atom is -0.484 e. The summed E-state index contributed by atoms with van der Waals surface area (Å²) < 4.78 is 7.80. The first kappa shape index (κ1) is 12.6. The highest BCUT2D eigenvalue weighted by Crippen LogP contribution is 2.28. The smallest absolute Gasteiger partial charge is 0.139 e. The fraction of sp³-hybridized carbons (Fsp3) is 0.200. The lowest BCUT2D eigenvalue weighted by Crippen LogP contribution is -2.18. The molecule has 5 heteroatoms. The van der Waals surface area contributed by atoms with Crippen molar-refractivity contribution in [2.75, 3.05) is 6.54 Å². The summed E-state index contributed by atoms with van der Waals surface area (Å²) in [5.74, 6) is 0.787. The van der Waals surface area contributed by atoms with Crippen LogP contribution in [0.3, 0.4) is 0 Å². The van der Waals surface area contributed by atoms with Gasteiger partial charge >= 0.3 is 0 Å². The van der Waals surface area contributed by atoms with Crippen molar-refractivity contribution in [1.82, 2.24) is 14.8 Å². The van der Waals surface area contributed by atoms with Crippen molar-refractivity contribution in [2.45, 2.75) is 6.10 Å². The Morgan fingerprint density at radius 2 is 2.20 bits per heavy atom. The van der Waals surface area contributed by atoms with Gasteiger partial charge in [0.15, 0.2) is 0 Å². The Morgan fingerprint density at radius 3 is 2.95 bits per heavy atom. The highest BCUT2D eigenvalue weighted by atomic mass is 16.5. The molecule has 2 heterocycles. The van der Waals surface area contributed by atoms with Crippen molar-refractivity contribution in [2.24, 2.45) is 12.8 Å². The summed E-state index contributed by atoms with van der Waals surface area (Å²) in [6, 6.07) is 9.72. The van der Waals surface area contributed by atoms with Crippen molar-refractivity contribution in [1.29, 1.82) is 0 Å². The molecule has 0 aliphatic rings. The summed E-state index contributed by atoms with van der Waals surface area (Å²) in [5, 5.41) is 5.14. The first-order chi connectivity index (χ1) is 9.78. The summed E-state index contributed by atoms with van der Waals surface area (Å²) in [4.78, 5) is 4.32. The molecule has 0 radical (unpaired) electrons. The van der Waals surface area contributed by atoms with Crippen LogP contribution in [0, 0.1) is 0 Å². The van der Waals surface area contributed by atoms with Gasteiger partial charge in [-0.2, -0.15) is 5.10 Å². The van der Waals surface area contributed by atoms with Crippen molar-refractivity contribution in [3.05, 3.63) is 54.5 Å². The molecule has 0 saturated heterocycles. The number of fused-ring (bicyclic) bond motifs is 1. The quantitative estimate of drug-likeness (QED) is 0.786. The third-order valence-corrected chi connectivity index (χ3v) is 3.19. The van der Waals surface area contributed by atoms with Gasteiger partial charge in [0.25, 0.3) is 0 Å². The molecule has 102 valence electrons. The fourth-order valence-corrected chi connectivity index (χ4v) is 2.19. The zero-order chi connectivity index (χ0) is 13.9. The summed E-state index contributed by atoms with van der Waals surface area (Å²) in [7, 11) is 1.87. The lowest BCUT2D eigenvalue weighted by molar-refractivity contribution is 0.217. The van der Waals surface area contributed by atoms with Gasteiger partial charge in [0, 0.05) is 36.9 Å². The molecule has 2 aromatic heterocycles. The normalized spacial score (nSPS) is 12.5. The number of nitrogens with zero attached hydrogens (tertiary/aromatic N) is 3. The molecule has 1 unspecified atom stereocenters. The van der Waals surface area contributed by atoms with E-state index < -0.39 is 0 Å². The number of aromatic nitrogens is 3. The average molecular weight is 268 g/mol. The summed E-state index contributed by atoms with van der Waals surface area (Å²) in [6.45, 7) is 0.391. The molecule has 0 aliphatic carbocycles. The van der Waals surface area contributed by atoms with E-state index in [9.17, 15) is 0 Å². The van der Waals surface area contributed by atoms with Gasteiger partial charge < -0.3 is 10.5 Å². The second-order valence-corrected chi connectivity index (χ2v) is 4.62. The maximum atomic E-state index is 6.06. The molecule has 20 heavy (non-hydrogen) atoms. The number of hydrogen-bond acceptors (Lipinski definition) is 4. The topological polar surface area (TPSA) is 66.0 Å². The van der Waals surface area contributed by atoms with Crippen molar-refractivity contribution >= 4 is 10.9 Å². The van der Waals surface area contributed by atoms with Gasteiger partial charge in [-0.3, -0.25) is 9.67 Å². The van der Waals surface area contributed by atoms with Crippen LogP contribution < -0.4 is 10.5 Å². The minimum absolute atomic E-state index is 0.213. The maximum Gasteiger partial charge on any atom is 0.139 e. The monoisotopic (exact) mass is 268 g/mol. The fourth-order valence-electron chi connectivity index (χ4n) is 2.19. The number of ether oxygens (including phenoxy) is 1. The highest BCUT2D eigenvalue weighted by Gasteiger charge is 2.14. The Kier molecular flexibility index (Phi) is 3.35. The first-order valence-corrected chi connectivity index (χ1v) is 6.47. The molecule has 2 N–H and O–H groups in total. The zero-order valence-electron chi connectivity index (χ0n) is 11.2. The summed E-state index contributed by atoms with van der Waals surface area (Å²) >= 11 is 0. The average Bonchev–Trinajstić information content (AvgIpc) is 2.91. The summed E-state index contributed by atoms with van der Waals surface area (Å²) in [5.41, 5.74) is 7.71. The largest absolute Gasteiger partial charge is 0.484 e. The Balaban J connectivity index is 1.95. The molecule has 1 aromatic carbocycles. The van der Waals surface area contributed by atoms with Gasteiger partial charge in [0.1, 0.15) is 11.9 Å². The van der Waals surface area contributed by atoms with Gasteiger partial charge in [0.05, 0.1) is 11.7 Å². The Labute approximate surface area is 117 Å². The molecular weight excluding hydrogens is 252 g/mol. The van der Waals surface area contributed by atoms with E-state index in [1.165, 1.54) is 0 Å². The van der Waals surface area contributed by atoms with Gasteiger partial charge in [-0.05, 0) is 24.3 Å². The Bertz CT molecular complexity index is 717. The molecule has 0 fully saturated rings. The number of hydrogen-bond donors (Lipinski definition) is 1. The van der Waals surface area contributed by atoms with Crippen LogP contribution in [0.4, 0.5) is 0 Å². The number of pyridine rings is 1.